The summed E-state index contributed by atoms with van der Waals surface area (Å²) in [6.07, 6.45) is 3.95. The molecule has 2 aliphatic rings. The summed E-state index contributed by atoms with van der Waals surface area (Å²) in [5, 5.41) is 3.46. The Bertz CT molecular complexity index is 317. The first-order valence-corrected chi connectivity index (χ1v) is 4.72. The fraction of sp³-hybridized carbons (Fsp3) is 0.455. The van der Waals surface area contributed by atoms with Crippen LogP contribution in [0.3, 0.4) is 0 Å². The molecule has 1 aliphatic heterocycles. The molecule has 0 fully saturated rings. The molecule has 0 aromatic heterocycles. The van der Waals surface area contributed by atoms with Gasteiger partial charge in [-0.2, -0.15) is 0 Å². The molecule has 3 rings (SSSR count). The van der Waals surface area contributed by atoms with Gasteiger partial charge in [0.05, 0.1) is 0 Å². The van der Waals surface area contributed by atoms with Crippen molar-refractivity contribution >= 4 is 5.69 Å². The van der Waals surface area contributed by atoms with Crippen molar-refractivity contribution in [1.29, 1.82) is 0 Å². The number of benzene rings is 1. The smallest absolute Gasteiger partial charge is 0.0379 e. The second kappa shape index (κ2) is 2.25. The van der Waals surface area contributed by atoms with Crippen LogP contribution in [0.25, 0.3) is 0 Å². The van der Waals surface area contributed by atoms with Crippen molar-refractivity contribution in [1.82, 2.24) is 0 Å². The maximum atomic E-state index is 3.46. The van der Waals surface area contributed by atoms with E-state index in [2.05, 4.69) is 23.5 Å². The van der Waals surface area contributed by atoms with Crippen LogP contribution >= 0.6 is 0 Å². The molecule has 0 saturated heterocycles. The molecular weight excluding hydrogens is 146 g/mol. The second-order valence-electron chi connectivity index (χ2n) is 3.75. The third kappa shape index (κ3) is 0.739. The van der Waals surface area contributed by atoms with Crippen molar-refractivity contribution in [2.24, 2.45) is 0 Å². The van der Waals surface area contributed by atoms with E-state index in [9.17, 15) is 0 Å². The van der Waals surface area contributed by atoms with Crippen LogP contribution in [0.2, 0.25) is 0 Å². The standard InChI is InChI=1S/C11H12N/c1-3-8-4-2-6-10-11(8)9(5-1)7-12-10/h2,6,9,12H,1,3,5,7H2. The average Bonchev–Trinajstić information content (AvgIpc) is 2.52. The van der Waals surface area contributed by atoms with Gasteiger partial charge >= 0.3 is 0 Å². The molecule has 0 bridgehead atoms. The van der Waals surface area contributed by atoms with Gasteiger partial charge in [-0.05, 0) is 42.5 Å². The molecule has 1 aromatic rings. The van der Waals surface area contributed by atoms with E-state index < -0.39 is 0 Å². The number of nitrogens with one attached hydrogen (secondary N) is 1. The van der Waals surface area contributed by atoms with Gasteiger partial charge in [0.15, 0.2) is 0 Å². The number of rotatable bonds is 0. The van der Waals surface area contributed by atoms with Gasteiger partial charge in [-0.15, -0.1) is 0 Å². The summed E-state index contributed by atoms with van der Waals surface area (Å²) in [5.74, 6) is 0.793. The molecule has 1 heteroatoms. The molecule has 1 heterocycles. The van der Waals surface area contributed by atoms with Gasteiger partial charge < -0.3 is 5.32 Å². The Morgan fingerprint density at radius 3 is 3.50 bits per heavy atom. The van der Waals surface area contributed by atoms with Crippen LogP contribution in [0.15, 0.2) is 12.1 Å². The van der Waals surface area contributed by atoms with E-state index in [1.807, 2.05) is 0 Å². The van der Waals surface area contributed by atoms with Crippen molar-refractivity contribution in [2.45, 2.75) is 25.2 Å². The zero-order valence-electron chi connectivity index (χ0n) is 7.06. The predicted octanol–water partition coefficient (Wildman–Crippen LogP) is 2.33. The minimum absolute atomic E-state index is 0.793. The molecule has 1 aromatic carbocycles. The van der Waals surface area contributed by atoms with Crippen molar-refractivity contribution in [3.8, 4) is 0 Å². The number of aryl methyl sites for hydroxylation is 1. The number of hydrogen-bond acceptors (Lipinski definition) is 1. The Kier molecular flexibility index (Phi) is 1.23. The van der Waals surface area contributed by atoms with Gasteiger partial charge in [0.2, 0.25) is 0 Å². The van der Waals surface area contributed by atoms with E-state index >= 15 is 0 Å². The first kappa shape index (κ1) is 6.53. The van der Waals surface area contributed by atoms with Gasteiger partial charge in [0.25, 0.3) is 0 Å². The molecule has 1 aliphatic carbocycles. The minimum atomic E-state index is 0.793. The Hall–Kier alpha value is -0.980. The van der Waals surface area contributed by atoms with Gasteiger partial charge in [-0.3, -0.25) is 0 Å². The molecule has 1 atom stereocenters. The summed E-state index contributed by atoms with van der Waals surface area (Å²) in [6, 6.07) is 7.57. The van der Waals surface area contributed by atoms with Gasteiger partial charge in [-0.25, -0.2) is 0 Å². The van der Waals surface area contributed by atoms with E-state index in [1.54, 1.807) is 5.56 Å². The molecule has 1 N–H and O–H groups in total. The molecule has 0 spiro atoms. The Morgan fingerprint density at radius 2 is 2.50 bits per heavy atom. The normalized spacial score (nSPS) is 24.8. The highest BCUT2D eigenvalue weighted by Crippen LogP contribution is 2.40. The lowest BCUT2D eigenvalue weighted by molar-refractivity contribution is 0.591. The maximum absolute atomic E-state index is 3.46. The zero-order chi connectivity index (χ0) is 7.97. The highest BCUT2D eigenvalue weighted by molar-refractivity contribution is 5.61. The third-order valence-electron chi connectivity index (χ3n) is 3.05. The Balaban J connectivity index is 2.23. The van der Waals surface area contributed by atoms with Gasteiger partial charge in [0.1, 0.15) is 0 Å². The first-order valence-electron chi connectivity index (χ1n) is 4.72. The Morgan fingerprint density at radius 1 is 1.50 bits per heavy atom. The van der Waals surface area contributed by atoms with Crippen LogP contribution in [0.4, 0.5) is 5.69 Å². The number of hydrogen-bond donors (Lipinski definition) is 1. The zero-order valence-corrected chi connectivity index (χ0v) is 7.06. The lowest BCUT2D eigenvalue weighted by Gasteiger charge is -2.19. The topological polar surface area (TPSA) is 12.0 Å². The van der Waals surface area contributed by atoms with E-state index in [-0.39, 0.29) is 0 Å². The predicted molar refractivity (Wildman–Crippen MR) is 49.4 cm³/mol. The summed E-state index contributed by atoms with van der Waals surface area (Å²) in [6.45, 7) is 1.15. The van der Waals surface area contributed by atoms with Crippen molar-refractivity contribution < 1.29 is 0 Å². The lowest BCUT2D eigenvalue weighted by Crippen LogP contribution is -2.08. The first-order chi connectivity index (χ1) is 5.95. The molecule has 0 saturated carbocycles. The van der Waals surface area contributed by atoms with Gasteiger partial charge in [0, 0.05) is 18.2 Å². The number of anilines is 1. The van der Waals surface area contributed by atoms with Crippen molar-refractivity contribution in [3.63, 3.8) is 0 Å². The molecule has 1 unspecified atom stereocenters. The Labute approximate surface area is 72.8 Å². The molecule has 1 nitrogen and oxygen atoms in total. The van der Waals surface area contributed by atoms with Crippen LogP contribution in [-0.4, -0.2) is 6.54 Å². The van der Waals surface area contributed by atoms with E-state index in [0.717, 1.165) is 12.5 Å². The SMILES string of the molecule is [c]1ccc2c3c1CCCC3CN2. The lowest BCUT2D eigenvalue weighted by atomic mass is 9.84. The highest BCUT2D eigenvalue weighted by atomic mass is 14.9. The fourth-order valence-electron chi connectivity index (χ4n) is 2.49. The monoisotopic (exact) mass is 158 g/mol. The van der Waals surface area contributed by atoms with E-state index in [0.29, 0.717) is 0 Å². The second-order valence-corrected chi connectivity index (χ2v) is 3.75. The van der Waals surface area contributed by atoms with E-state index in [4.69, 9.17) is 0 Å². The quantitative estimate of drug-likeness (QED) is 0.611. The molecule has 12 heavy (non-hydrogen) atoms. The molecule has 1 radical (unpaired) electrons. The summed E-state index contributed by atoms with van der Waals surface area (Å²) >= 11 is 0. The van der Waals surface area contributed by atoms with Crippen molar-refractivity contribution in [3.05, 3.63) is 29.3 Å². The van der Waals surface area contributed by atoms with Crippen LogP contribution < -0.4 is 5.32 Å². The summed E-state index contributed by atoms with van der Waals surface area (Å²) in [5.41, 5.74) is 4.41. The largest absolute Gasteiger partial charge is 0.384 e. The van der Waals surface area contributed by atoms with Crippen LogP contribution in [-0.2, 0) is 6.42 Å². The maximum Gasteiger partial charge on any atom is 0.0379 e. The molecule has 0 amide bonds. The van der Waals surface area contributed by atoms with Gasteiger partial charge in [-0.1, -0.05) is 6.07 Å². The van der Waals surface area contributed by atoms with Crippen LogP contribution in [0.5, 0.6) is 0 Å². The van der Waals surface area contributed by atoms with Crippen molar-refractivity contribution in [2.75, 3.05) is 11.9 Å². The molecular formula is C11H12N. The fourth-order valence-corrected chi connectivity index (χ4v) is 2.49. The molecule has 61 valence electrons. The minimum Gasteiger partial charge on any atom is -0.384 e. The van der Waals surface area contributed by atoms with Crippen LogP contribution in [0, 0.1) is 6.07 Å². The van der Waals surface area contributed by atoms with E-state index in [1.165, 1.54) is 30.5 Å². The summed E-state index contributed by atoms with van der Waals surface area (Å²) < 4.78 is 0. The summed E-state index contributed by atoms with van der Waals surface area (Å²) in [7, 11) is 0. The summed E-state index contributed by atoms with van der Waals surface area (Å²) in [4.78, 5) is 0. The average molecular weight is 158 g/mol. The highest BCUT2D eigenvalue weighted by Gasteiger charge is 2.27. The third-order valence-corrected chi connectivity index (χ3v) is 3.05. The van der Waals surface area contributed by atoms with Crippen LogP contribution in [0.1, 0.15) is 29.9 Å².